The van der Waals surface area contributed by atoms with E-state index in [2.05, 4.69) is 51.9 Å². The van der Waals surface area contributed by atoms with E-state index in [1.807, 2.05) is 18.2 Å². The van der Waals surface area contributed by atoms with Gasteiger partial charge in [-0.2, -0.15) is 0 Å². The number of hydrogen-bond acceptors (Lipinski definition) is 5. The summed E-state index contributed by atoms with van der Waals surface area (Å²) in [4.78, 5) is 26.9. The van der Waals surface area contributed by atoms with Crippen LogP contribution < -0.4 is 0 Å². The van der Waals surface area contributed by atoms with Gasteiger partial charge >= 0.3 is 0 Å². The van der Waals surface area contributed by atoms with E-state index >= 15 is 0 Å². The molecule has 2 aromatic rings. The highest BCUT2D eigenvalue weighted by molar-refractivity contribution is 7.09. The van der Waals surface area contributed by atoms with Gasteiger partial charge in [-0.25, -0.2) is 9.97 Å². The molecule has 6 nitrogen and oxygen atoms in total. The quantitative estimate of drug-likeness (QED) is 0.827. The zero-order valence-corrected chi connectivity index (χ0v) is 16.8. The molecule has 7 heteroatoms. The fourth-order valence-corrected chi connectivity index (χ4v) is 5.09. The fraction of sp³-hybridized carbons (Fsp3) is 0.632. The summed E-state index contributed by atoms with van der Waals surface area (Å²) in [6.45, 7) is 9.46. The van der Waals surface area contributed by atoms with Crippen molar-refractivity contribution < 1.29 is 4.79 Å². The molecule has 1 spiro atoms. The Morgan fingerprint density at radius 1 is 1.42 bits per heavy atom. The summed E-state index contributed by atoms with van der Waals surface area (Å²) in [5.41, 5.74) is 1.73. The number of carbonyl (C=O) groups is 1. The first-order valence-corrected chi connectivity index (χ1v) is 10.2. The van der Waals surface area contributed by atoms with Crippen molar-refractivity contribution in [2.45, 2.75) is 45.7 Å². The maximum absolute atomic E-state index is 13.5. The molecule has 2 saturated heterocycles. The van der Waals surface area contributed by atoms with Gasteiger partial charge < -0.3 is 14.4 Å². The van der Waals surface area contributed by atoms with Crippen LogP contribution in [-0.4, -0.2) is 56.9 Å². The molecular weight excluding hydrogens is 346 g/mol. The van der Waals surface area contributed by atoms with Crippen LogP contribution in [0.25, 0.3) is 0 Å². The Bertz CT molecular complexity index is 812. The highest BCUT2D eigenvalue weighted by Gasteiger charge is 2.57. The second kappa shape index (κ2) is 6.46. The largest absolute Gasteiger partial charge is 0.336 e. The minimum Gasteiger partial charge on any atom is -0.336 e. The topological polar surface area (TPSA) is 54.3 Å². The Balaban J connectivity index is 1.59. The third kappa shape index (κ3) is 2.87. The average molecular weight is 374 g/mol. The van der Waals surface area contributed by atoms with E-state index < -0.39 is 0 Å². The van der Waals surface area contributed by atoms with Crippen LogP contribution in [0.2, 0.25) is 0 Å². The van der Waals surface area contributed by atoms with Gasteiger partial charge in [-0.05, 0) is 34.2 Å². The van der Waals surface area contributed by atoms with Gasteiger partial charge in [0.15, 0.2) is 0 Å². The number of amides is 1. The zero-order chi connectivity index (χ0) is 18.5. The number of aryl methyl sites for hydroxylation is 1. The summed E-state index contributed by atoms with van der Waals surface area (Å²) in [5.74, 6) is 0.443. The Hall–Kier alpha value is -1.73. The maximum Gasteiger partial charge on any atom is 0.231 e. The van der Waals surface area contributed by atoms with Gasteiger partial charge in [0, 0.05) is 43.2 Å². The predicted molar refractivity (Wildman–Crippen MR) is 102 cm³/mol. The Labute approximate surface area is 158 Å². The lowest BCUT2D eigenvalue weighted by molar-refractivity contribution is -0.136. The van der Waals surface area contributed by atoms with Gasteiger partial charge in [0.2, 0.25) is 5.91 Å². The zero-order valence-electron chi connectivity index (χ0n) is 16.0. The number of hydrogen-bond donors (Lipinski definition) is 0. The van der Waals surface area contributed by atoms with Crippen molar-refractivity contribution in [3.8, 4) is 0 Å². The Morgan fingerprint density at radius 3 is 2.88 bits per heavy atom. The van der Waals surface area contributed by atoms with Crippen LogP contribution in [0.15, 0.2) is 17.9 Å². The van der Waals surface area contributed by atoms with Gasteiger partial charge in [0.05, 0.1) is 34.7 Å². The average Bonchev–Trinajstić information content (AvgIpc) is 3.33. The molecule has 0 bridgehead atoms. The van der Waals surface area contributed by atoms with Gasteiger partial charge in [-0.15, -0.1) is 11.3 Å². The first-order valence-electron chi connectivity index (χ1n) is 9.31. The van der Waals surface area contributed by atoms with Crippen LogP contribution >= 0.6 is 11.3 Å². The molecule has 0 saturated carbocycles. The van der Waals surface area contributed by atoms with Gasteiger partial charge in [0.1, 0.15) is 0 Å². The van der Waals surface area contributed by atoms with E-state index in [-0.39, 0.29) is 17.2 Å². The molecule has 0 radical (unpaired) electrons. The molecule has 4 heterocycles. The van der Waals surface area contributed by atoms with Crippen LogP contribution in [0.1, 0.15) is 48.6 Å². The summed E-state index contributed by atoms with van der Waals surface area (Å²) >= 11 is 1.65. The third-order valence-electron chi connectivity index (χ3n) is 5.85. The monoisotopic (exact) mass is 373 g/mol. The summed E-state index contributed by atoms with van der Waals surface area (Å²) in [6, 6.07) is 0.384. The summed E-state index contributed by atoms with van der Waals surface area (Å²) in [7, 11) is 2.11. The number of carbonyl (C=O) groups excluding carboxylic acids is 1. The van der Waals surface area contributed by atoms with Crippen molar-refractivity contribution in [2.24, 2.45) is 5.41 Å². The second-order valence-electron chi connectivity index (χ2n) is 8.08. The van der Waals surface area contributed by atoms with Crippen LogP contribution in [0.3, 0.4) is 0 Å². The summed E-state index contributed by atoms with van der Waals surface area (Å²) in [5, 5.41) is 3.12. The summed E-state index contributed by atoms with van der Waals surface area (Å²) in [6.07, 6.45) is 4.94. The molecule has 2 aromatic heterocycles. The number of imidazole rings is 1. The third-order valence-corrected chi connectivity index (χ3v) is 6.67. The van der Waals surface area contributed by atoms with Gasteiger partial charge in [-0.3, -0.25) is 4.79 Å². The molecule has 2 atom stereocenters. The molecule has 0 aliphatic carbocycles. The normalized spacial score (nSPS) is 26.7. The lowest BCUT2D eigenvalue weighted by atomic mass is 9.75. The highest BCUT2D eigenvalue weighted by atomic mass is 32.1. The molecule has 4 rings (SSSR count). The molecule has 26 heavy (non-hydrogen) atoms. The summed E-state index contributed by atoms with van der Waals surface area (Å²) < 4.78 is 2.14. The molecule has 2 aliphatic heterocycles. The smallest absolute Gasteiger partial charge is 0.231 e. The number of likely N-dealkylation sites (tertiary alicyclic amines) is 2. The number of rotatable bonds is 4. The van der Waals surface area contributed by atoms with Crippen molar-refractivity contribution in [3.63, 3.8) is 0 Å². The number of aromatic nitrogens is 3. The number of likely N-dealkylation sites (N-methyl/N-ethyl adjacent to an activating group) is 1. The molecule has 0 N–H and O–H groups in total. The maximum atomic E-state index is 13.5. The van der Waals surface area contributed by atoms with Crippen LogP contribution in [0.4, 0.5) is 0 Å². The molecule has 0 unspecified atom stereocenters. The van der Waals surface area contributed by atoms with Crippen LogP contribution in [-0.2, 0) is 11.3 Å². The second-order valence-corrected chi connectivity index (χ2v) is 9.14. The molecule has 140 valence electrons. The van der Waals surface area contributed by atoms with E-state index in [9.17, 15) is 4.79 Å². The van der Waals surface area contributed by atoms with Crippen LogP contribution in [0, 0.1) is 12.3 Å². The van der Waals surface area contributed by atoms with E-state index in [1.165, 1.54) is 0 Å². The van der Waals surface area contributed by atoms with Gasteiger partial charge in [-0.1, -0.05) is 0 Å². The standard InChI is InChI=1S/C19H27N5OS/c1-13(2)24-9-17(20-12-24)16-8-22(4)11-19(16)5-6-23(18(19)25)7-15-10-26-14(3)21-15/h9-10,12-13,16H,5-8,11H2,1-4H3/t16-,19+/m1/s1. The fourth-order valence-electron chi connectivity index (χ4n) is 4.49. The van der Waals surface area contributed by atoms with Crippen molar-refractivity contribution in [2.75, 3.05) is 26.7 Å². The van der Waals surface area contributed by atoms with Crippen LogP contribution in [0.5, 0.6) is 0 Å². The lowest BCUT2D eigenvalue weighted by Crippen LogP contribution is -2.39. The first kappa shape index (κ1) is 17.7. The van der Waals surface area contributed by atoms with E-state index in [4.69, 9.17) is 0 Å². The number of nitrogens with zero attached hydrogens (tertiary/aromatic N) is 5. The molecule has 1 amide bonds. The van der Waals surface area contributed by atoms with E-state index in [1.54, 1.807) is 11.3 Å². The lowest BCUT2D eigenvalue weighted by Gasteiger charge is -2.27. The predicted octanol–water partition coefficient (Wildman–Crippen LogP) is 2.68. The molecular formula is C19H27N5OS. The van der Waals surface area contributed by atoms with Crippen molar-refractivity contribution in [1.29, 1.82) is 0 Å². The molecule has 2 fully saturated rings. The Kier molecular flexibility index (Phi) is 4.39. The molecule has 0 aromatic carbocycles. The highest BCUT2D eigenvalue weighted by Crippen LogP contribution is 2.49. The Morgan fingerprint density at radius 2 is 2.23 bits per heavy atom. The minimum atomic E-state index is -0.337. The van der Waals surface area contributed by atoms with Crippen molar-refractivity contribution >= 4 is 17.2 Å². The SMILES string of the molecule is Cc1nc(CN2CC[C@@]3(CN(C)C[C@@H]3c3cn(C(C)C)cn3)C2=O)cs1. The van der Waals surface area contributed by atoms with Crippen molar-refractivity contribution in [1.82, 2.24) is 24.3 Å². The minimum absolute atomic E-state index is 0.169. The van der Waals surface area contributed by atoms with Crippen molar-refractivity contribution in [3.05, 3.63) is 34.3 Å². The number of thiazole rings is 1. The van der Waals surface area contributed by atoms with Gasteiger partial charge in [0.25, 0.3) is 0 Å². The van der Waals surface area contributed by atoms with E-state index in [0.29, 0.717) is 12.6 Å². The van der Waals surface area contributed by atoms with E-state index in [0.717, 1.165) is 42.5 Å². The first-order chi connectivity index (χ1) is 12.4. The molecule has 2 aliphatic rings.